The van der Waals surface area contributed by atoms with Gasteiger partial charge >= 0.3 is 5.97 Å². The number of nitrogens with zero attached hydrogens (tertiary/aromatic N) is 1. The second-order valence-corrected chi connectivity index (χ2v) is 2.51. The Morgan fingerprint density at radius 2 is 2.62 bits per heavy atom. The van der Waals surface area contributed by atoms with Crippen LogP contribution in [-0.2, 0) is 14.3 Å². The highest BCUT2D eigenvalue weighted by Crippen LogP contribution is 1.97. The van der Waals surface area contributed by atoms with Gasteiger partial charge in [-0.15, -0.1) is 0 Å². The van der Waals surface area contributed by atoms with Gasteiger partial charge in [0.15, 0.2) is 0 Å². The average molecular weight is 183 g/mol. The van der Waals surface area contributed by atoms with E-state index in [4.69, 9.17) is 9.47 Å². The predicted molar refractivity (Wildman–Crippen MR) is 48.6 cm³/mol. The number of ether oxygens (including phenoxy) is 2. The molecule has 72 valence electrons. The number of hydrogen-bond acceptors (Lipinski definition) is 4. The molecule has 0 aromatic heterocycles. The van der Waals surface area contributed by atoms with Crippen LogP contribution in [0.25, 0.3) is 0 Å². The summed E-state index contributed by atoms with van der Waals surface area (Å²) < 4.78 is 9.86. The largest absolute Gasteiger partial charge is 0.478 e. The highest BCUT2D eigenvalue weighted by Gasteiger charge is 2.02. The molecule has 0 atom stereocenters. The molecule has 0 aromatic carbocycles. The van der Waals surface area contributed by atoms with Crippen LogP contribution in [0.1, 0.15) is 13.3 Å². The minimum absolute atomic E-state index is 0.362. The Hall–Kier alpha value is -1.32. The fourth-order valence-corrected chi connectivity index (χ4v) is 0.907. The van der Waals surface area contributed by atoms with Crippen molar-refractivity contribution < 1.29 is 14.3 Å². The van der Waals surface area contributed by atoms with E-state index in [1.54, 1.807) is 6.92 Å². The monoisotopic (exact) mass is 183 g/mol. The quantitative estimate of drug-likeness (QED) is 0.483. The first kappa shape index (κ1) is 9.77. The molecule has 4 heteroatoms. The molecule has 13 heavy (non-hydrogen) atoms. The number of aliphatic imine (C=N–C) groups is 1. The fourth-order valence-electron chi connectivity index (χ4n) is 0.907. The highest BCUT2D eigenvalue weighted by atomic mass is 16.5. The van der Waals surface area contributed by atoms with Crippen LogP contribution in [0.4, 0.5) is 0 Å². The molecule has 0 radical (unpaired) electrons. The van der Waals surface area contributed by atoms with E-state index in [9.17, 15) is 4.79 Å². The summed E-state index contributed by atoms with van der Waals surface area (Å²) in [5, 5.41) is 0. The molecule has 1 aliphatic rings. The zero-order chi connectivity index (χ0) is 9.52. The van der Waals surface area contributed by atoms with E-state index < -0.39 is 0 Å². The van der Waals surface area contributed by atoms with Crippen LogP contribution in [0.15, 0.2) is 17.1 Å². The Morgan fingerprint density at radius 3 is 3.23 bits per heavy atom. The van der Waals surface area contributed by atoms with Crippen molar-refractivity contribution in [3.05, 3.63) is 12.2 Å². The summed E-state index contributed by atoms with van der Waals surface area (Å²) >= 11 is 0. The van der Waals surface area contributed by atoms with Gasteiger partial charge in [0.05, 0.1) is 13.2 Å². The molecule has 1 aliphatic heterocycles. The van der Waals surface area contributed by atoms with Gasteiger partial charge in [-0.25, -0.2) is 4.79 Å². The van der Waals surface area contributed by atoms with Crippen molar-refractivity contribution in [3.63, 3.8) is 0 Å². The van der Waals surface area contributed by atoms with Gasteiger partial charge in [-0.2, -0.15) is 0 Å². The van der Waals surface area contributed by atoms with Gasteiger partial charge in [0.2, 0.25) is 5.90 Å². The molecule has 0 N–H and O–H groups in total. The molecule has 4 nitrogen and oxygen atoms in total. The molecule has 0 saturated carbocycles. The number of hydrogen-bond donors (Lipinski definition) is 0. The Bertz CT molecular complexity index is 233. The first-order valence-corrected chi connectivity index (χ1v) is 4.35. The molecule has 0 aliphatic carbocycles. The van der Waals surface area contributed by atoms with Crippen LogP contribution in [0.2, 0.25) is 0 Å². The maximum atomic E-state index is 10.9. The van der Waals surface area contributed by atoms with Crippen molar-refractivity contribution in [3.8, 4) is 0 Å². The number of carbonyl (C=O) groups is 1. The van der Waals surface area contributed by atoms with Crippen molar-refractivity contribution in [1.82, 2.24) is 0 Å². The molecule has 1 heterocycles. The van der Waals surface area contributed by atoms with Gasteiger partial charge in [0.1, 0.15) is 0 Å². The Morgan fingerprint density at radius 1 is 1.77 bits per heavy atom. The first-order valence-electron chi connectivity index (χ1n) is 4.35. The summed E-state index contributed by atoms with van der Waals surface area (Å²) in [6.45, 7) is 3.59. The molecule has 0 saturated heterocycles. The van der Waals surface area contributed by atoms with Gasteiger partial charge in [0.25, 0.3) is 0 Å². The standard InChI is InChI=1S/C9H13NO3/c1-2-12-9(11)5-4-8-10-6-3-7-13-8/h4-5H,2-3,6-7H2,1H3/b5-4+. The van der Waals surface area contributed by atoms with Crippen LogP contribution in [0, 0.1) is 0 Å². The maximum Gasteiger partial charge on any atom is 0.330 e. The number of esters is 1. The zero-order valence-corrected chi connectivity index (χ0v) is 7.66. The third-order valence-corrected chi connectivity index (χ3v) is 1.47. The van der Waals surface area contributed by atoms with Gasteiger partial charge < -0.3 is 9.47 Å². The molecule has 0 spiro atoms. The van der Waals surface area contributed by atoms with E-state index in [1.165, 1.54) is 12.2 Å². The fraction of sp³-hybridized carbons (Fsp3) is 0.556. The number of rotatable bonds is 3. The zero-order valence-electron chi connectivity index (χ0n) is 7.66. The average Bonchev–Trinajstić information content (AvgIpc) is 2.17. The van der Waals surface area contributed by atoms with E-state index in [0.717, 1.165) is 13.0 Å². The van der Waals surface area contributed by atoms with Crippen LogP contribution in [0.3, 0.4) is 0 Å². The minimum atomic E-state index is -0.362. The van der Waals surface area contributed by atoms with Crippen molar-refractivity contribution in [1.29, 1.82) is 0 Å². The normalized spacial score (nSPS) is 16.5. The Balaban J connectivity index is 2.37. The van der Waals surface area contributed by atoms with E-state index in [0.29, 0.717) is 19.1 Å². The lowest BCUT2D eigenvalue weighted by atomic mass is 10.4. The summed E-state index contributed by atoms with van der Waals surface area (Å²) in [5.74, 6) is 0.152. The van der Waals surface area contributed by atoms with Crippen molar-refractivity contribution in [2.45, 2.75) is 13.3 Å². The molecule has 0 fully saturated rings. The van der Waals surface area contributed by atoms with Gasteiger partial charge in [-0.1, -0.05) is 0 Å². The lowest BCUT2D eigenvalue weighted by Crippen LogP contribution is -2.11. The van der Waals surface area contributed by atoms with Crippen molar-refractivity contribution >= 4 is 11.9 Å². The highest BCUT2D eigenvalue weighted by molar-refractivity contribution is 5.94. The lowest BCUT2D eigenvalue weighted by Gasteiger charge is -2.09. The SMILES string of the molecule is CCOC(=O)/C=C/C1=NCCCO1. The molecular weight excluding hydrogens is 170 g/mol. The van der Waals surface area contributed by atoms with Crippen LogP contribution in [-0.4, -0.2) is 31.6 Å². The third kappa shape index (κ3) is 3.73. The second kappa shape index (κ2) is 5.35. The second-order valence-electron chi connectivity index (χ2n) is 2.51. The number of carbonyl (C=O) groups excluding carboxylic acids is 1. The van der Waals surface area contributed by atoms with Crippen molar-refractivity contribution in [2.75, 3.05) is 19.8 Å². The van der Waals surface area contributed by atoms with Gasteiger partial charge in [-0.05, 0) is 6.92 Å². The molecule has 0 unspecified atom stereocenters. The van der Waals surface area contributed by atoms with E-state index >= 15 is 0 Å². The van der Waals surface area contributed by atoms with Crippen LogP contribution < -0.4 is 0 Å². The summed E-state index contributed by atoms with van der Waals surface area (Å²) in [7, 11) is 0. The maximum absolute atomic E-state index is 10.9. The molecule has 0 amide bonds. The summed E-state index contributed by atoms with van der Waals surface area (Å²) in [6.07, 6.45) is 3.81. The Labute approximate surface area is 77.2 Å². The van der Waals surface area contributed by atoms with Gasteiger partial charge in [0, 0.05) is 25.1 Å². The first-order chi connectivity index (χ1) is 6.33. The van der Waals surface area contributed by atoms with Crippen molar-refractivity contribution in [2.24, 2.45) is 4.99 Å². The summed E-state index contributed by atoms with van der Waals surface area (Å²) in [4.78, 5) is 14.9. The lowest BCUT2D eigenvalue weighted by molar-refractivity contribution is -0.137. The van der Waals surface area contributed by atoms with E-state index in [-0.39, 0.29) is 5.97 Å². The third-order valence-electron chi connectivity index (χ3n) is 1.47. The van der Waals surface area contributed by atoms with Gasteiger partial charge in [-0.3, -0.25) is 4.99 Å². The molecule has 0 aromatic rings. The van der Waals surface area contributed by atoms with E-state index in [2.05, 4.69) is 4.99 Å². The summed E-state index contributed by atoms with van der Waals surface area (Å²) in [5.41, 5.74) is 0. The predicted octanol–water partition coefficient (Wildman–Crippen LogP) is 0.924. The smallest absolute Gasteiger partial charge is 0.330 e. The molecular formula is C9H13NO3. The summed E-state index contributed by atoms with van der Waals surface area (Å²) in [6, 6.07) is 0. The molecule has 0 bridgehead atoms. The topological polar surface area (TPSA) is 47.9 Å². The van der Waals surface area contributed by atoms with Crippen LogP contribution in [0.5, 0.6) is 0 Å². The van der Waals surface area contributed by atoms with E-state index in [1.807, 2.05) is 0 Å². The van der Waals surface area contributed by atoms with Crippen LogP contribution >= 0.6 is 0 Å². The minimum Gasteiger partial charge on any atom is -0.478 e. The Kier molecular flexibility index (Phi) is 4.02. The molecule has 1 rings (SSSR count).